The summed E-state index contributed by atoms with van der Waals surface area (Å²) in [7, 11) is 0. The summed E-state index contributed by atoms with van der Waals surface area (Å²) in [5.74, 6) is 2.26. The van der Waals surface area contributed by atoms with Crippen molar-refractivity contribution >= 4 is 27.7 Å². The summed E-state index contributed by atoms with van der Waals surface area (Å²) in [5, 5.41) is 3.63. The molecule has 0 unspecified atom stereocenters. The first-order valence-corrected chi connectivity index (χ1v) is 9.24. The molecule has 0 spiro atoms. The molecule has 1 aromatic rings. The van der Waals surface area contributed by atoms with Crippen molar-refractivity contribution in [2.75, 3.05) is 5.75 Å². The van der Waals surface area contributed by atoms with E-state index >= 15 is 0 Å². The molecule has 0 aliphatic heterocycles. The Morgan fingerprint density at radius 1 is 1.16 bits per heavy atom. The van der Waals surface area contributed by atoms with E-state index in [0.29, 0.717) is 0 Å². The fourth-order valence-corrected chi connectivity index (χ4v) is 4.39. The summed E-state index contributed by atoms with van der Waals surface area (Å²) in [4.78, 5) is 1.48. The minimum atomic E-state index is 0.784. The lowest BCUT2D eigenvalue weighted by Gasteiger charge is -2.13. The summed E-state index contributed by atoms with van der Waals surface area (Å²) in [5.41, 5.74) is 1.46. The number of rotatable bonds is 6. The maximum Gasteiger partial charge on any atom is 0.0219 e. The Kier molecular flexibility index (Phi) is 4.88. The number of hydrogen-bond acceptors (Lipinski definition) is 2. The van der Waals surface area contributed by atoms with Gasteiger partial charge in [0.1, 0.15) is 0 Å². The summed E-state index contributed by atoms with van der Waals surface area (Å²) in [6, 6.07) is 7.53. The number of nitrogens with one attached hydrogen (secondary N) is 1. The smallest absolute Gasteiger partial charge is 0.0219 e. The van der Waals surface area contributed by atoms with Gasteiger partial charge in [0.05, 0.1) is 0 Å². The van der Waals surface area contributed by atoms with Crippen LogP contribution in [0.15, 0.2) is 27.6 Å². The van der Waals surface area contributed by atoms with Crippen LogP contribution >= 0.6 is 27.7 Å². The third kappa shape index (κ3) is 4.24. The molecule has 104 valence electrons. The fraction of sp³-hybridized carbons (Fsp3) is 0.625. The molecule has 1 nitrogen and oxygen atoms in total. The predicted octanol–water partition coefficient (Wildman–Crippen LogP) is 4.98. The van der Waals surface area contributed by atoms with Crippen molar-refractivity contribution in [3.05, 3.63) is 28.2 Å². The van der Waals surface area contributed by atoms with Crippen LogP contribution in [0.1, 0.15) is 44.1 Å². The highest BCUT2D eigenvalue weighted by atomic mass is 79.9. The largest absolute Gasteiger partial charge is 0.310 e. The lowest BCUT2D eigenvalue weighted by atomic mass is 10.1. The van der Waals surface area contributed by atoms with Crippen molar-refractivity contribution in [3.63, 3.8) is 0 Å². The molecular weight excluding hydrogens is 318 g/mol. The molecule has 0 atom stereocenters. The number of halogens is 1. The molecule has 3 rings (SSSR count). The number of hydrogen-bond donors (Lipinski definition) is 1. The van der Waals surface area contributed by atoms with Crippen LogP contribution in [0.4, 0.5) is 0 Å². The second kappa shape index (κ2) is 6.64. The second-order valence-electron chi connectivity index (χ2n) is 5.87. The quantitative estimate of drug-likeness (QED) is 0.733. The van der Waals surface area contributed by atoms with Crippen LogP contribution in [0.5, 0.6) is 0 Å². The maximum atomic E-state index is 3.63. The first-order valence-electron chi connectivity index (χ1n) is 7.46. The molecule has 2 aliphatic carbocycles. The molecule has 0 heterocycles. The zero-order valence-corrected chi connectivity index (χ0v) is 13.7. The average Bonchev–Trinajstić information content (AvgIpc) is 3.10. The zero-order valence-electron chi connectivity index (χ0n) is 11.3. The van der Waals surface area contributed by atoms with Crippen LogP contribution in [-0.2, 0) is 6.54 Å². The average molecular weight is 340 g/mol. The summed E-state index contributed by atoms with van der Waals surface area (Å²) >= 11 is 5.66. The molecular formula is C16H22BrNS. The van der Waals surface area contributed by atoms with Crippen LogP contribution in [0.25, 0.3) is 0 Å². The molecule has 0 bridgehead atoms. The van der Waals surface area contributed by atoms with E-state index in [0.717, 1.165) is 18.5 Å². The van der Waals surface area contributed by atoms with Crippen LogP contribution in [0.2, 0.25) is 0 Å². The van der Waals surface area contributed by atoms with Gasteiger partial charge in [-0.3, -0.25) is 0 Å². The molecule has 2 fully saturated rings. The predicted molar refractivity (Wildman–Crippen MR) is 86.7 cm³/mol. The molecule has 1 aromatic carbocycles. The van der Waals surface area contributed by atoms with Crippen molar-refractivity contribution in [1.82, 2.24) is 5.32 Å². The van der Waals surface area contributed by atoms with Gasteiger partial charge >= 0.3 is 0 Å². The molecule has 19 heavy (non-hydrogen) atoms. The molecule has 2 aliphatic rings. The summed E-state index contributed by atoms with van der Waals surface area (Å²) in [6.07, 6.45) is 8.50. The minimum Gasteiger partial charge on any atom is -0.310 e. The van der Waals surface area contributed by atoms with Gasteiger partial charge in [0, 0.05) is 27.7 Å². The first-order chi connectivity index (χ1) is 9.31. The van der Waals surface area contributed by atoms with E-state index in [1.807, 2.05) is 0 Å². The normalized spacial score (nSPS) is 20.1. The maximum absolute atomic E-state index is 3.63. The summed E-state index contributed by atoms with van der Waals surface area (Å²) < 4.78 is 1.20. The first kappa shape index (κ1) is 14.0. The Bertz CT molecular complexity index is 425. The third-order valence-electron chi connectivity index (χ3n) is 4.13. The van der Waals surface area contributed by atoms with Gasteiger partial charge in [-0.2, -0.15) is 0 Å². The Balaban J connectivity index is 1.60. The lowest BCUT2D eigenvalue weighted by Crippen LogP contribution is -2.16. The SMILES string of the molecule is Brc1ccc(SCC2CCCC2)c(CNC2CC2)c1. The van der Waals surface area contributed by atoms with Crippen molar-refractivity contribution in [2.24, 2.45) is 5.92 Å². The van der Waals surface area contributed by atoms with Gasteiger partial charge in [0.15, 0.2) is 0 Å². The summed E-state index contributed by atoms with van der Waals surface area (Å²) in [6.45, 7) is 1.02. The van der Waals surface area contributed by atoms with Gasteiger partial charge in [-0.05, 0) is 55.4 Å². The number of thioether (sulfide) groups is 1. The van der Waals surface area contributed by atoms with Crippen LogP contribution in [-0.4, -0.2) is 11.8 Å². The van der Waals surface area contributed by atoms with Gasteiger partial charge in [-0.1, -0.05) is 28.8 Å². The number of benzene rings is 1. The minimum absolute atomic E-state index is 0.784. The van der Waals surface area contributed by atoms with E-state index in [9.17, 15) is 0 Å². The Morgan fingerprint density at radius 2 is 1.95 bits per heavy atom. The molecule has 3 heteroatoms. The van der Waals surface area contributed by atoms with Gasteiger partial charge in [0.2, 0.25) is 0 Å². The zero-order chi connectivity index (χ0) is 13.1. The van der Waals surface area contributed by atoms with Crippen molar-refractivity contribution in [1.29, 1.82) is 0 Å². The van der Waals surface area contributed by atoms with Crippen molar-refractivity contribution in [2.45, 2.75) is 56.0 Å². The topological polar surface area (TPSA) is 12.0 Å². The van der Waals surface area contributed by atoms with E-state index in [4.69, 9.17) is 0 Å². The van der Waals surface area contributed by atoms with Gasteiger partial charge in [-0.25, -0.2) is 0 Å². The van der Waals surface area contributed by atoms with E-state index in [1.54, 1.807) is 0 Å². The molecule has 0 aromatic heterocycles. The highest BCUT2D eigenvalue weighted by Gasteiger charge is 2.21. The molecule has 0 saturated heterocycles. The monoisotopic (exact) mass is 339 g/mol. The van der Waals surface area contributed by atoms with Crippen LogP contribution < -0.4 is 5.32 Å². The van der Waals surface area contributed by atoms with Gasteiger partial charge in [-0.15, -0.1) is 11.8 Å². The Morgan fingerprint density at radius 3 is 2.68 bits per heavy atom. The van der Waals surface area contributed by atoms with E-state index < -0.39 is 0 Å². The van der Waals surface area contributed by atoms with Crippen LogP contribution in [0, 0.1) is 5.92 Å². The van der Waals surface area contributed by atoms with Gasteiger partial charge in [0.25, 0.3) is 0 Å². The molecule has 1 N–H and O–H groups in total. The van der Waals surface area contributed by atoms with E-state index in [1.165, 1.54) is 59.2 Å². The molecule has 2 saturated carbocycles. The molecule has 0 amide bonds. The Hall–Kier alpha value is 0.01000. The Labute approximate surface area is 129 Å². The van der Waals surface area contributed by atoms with Crippen LogP contribution in [0.3, 0.4) is 0 Å². The highest BCUT2D eigenvalue weighted by molar-refractivity contribution is 9.10. The van der Waals surface area contributed by atoms with E-state index in [-0.39, 0.29) is 0 Å². The highest BCUT2D eigenvalue weighted by Crippen LogP contribution is 2.33. The van der Waals surface area contributed by atoms with E-state index in [2.05, 4.69) is 51.2 Å². The third-order valence-corrected chi connectivity index (χ3v) is 5.97. The fourth-order valence-electron chi connectivity index (χ4n) is 2.75. The lowest BCUT2D eigenvalue weighted by molar-refractivity contribution is 0.622. The second-order valence-corrected chi connectivity index (χ2v) is 7.85. The van der Waals surface area contributed by atoms with Gasteiger partial charge < -0.3 is 5.32 Å². The van der Waals surface area contributed by atoms with Crippen molar-refractivity contribution in [3.8, 4) is 0 Å². The molecule has 0 radical (unpaired) electrons. The van der Waals surface area contributed by atoms with Crippen molar-refractivity contribution < 1.29 is 0 Å². The standard InChI is InChI=1S/C16H22BrNS/c17-14-5-8-16(19-11-12-3-1-2-4-12)13(9-14)10-18-15-6-7-15/h5,8-9,12,15,18H,1-4,6-7,10-11H2.